The Hall–Kier alpha value is -0.0800. The largest absolute Gasteiger partial charge is 0.317 e. The number of piperidine rings is 1. The number of hydrogen-bond acceptors (Lipinski definition) is 2. The number of nitrogens with one attached hydrogen (secondary N) is 1. The van der Waals surface area contributed by atoms with Gasteiger partial charge in [-0.1, -0.05) is 13.8 Å². The van der Waals surface area contributed by atoms with Crippen molar-refractivity contribution in [2.45, 2.75) is 39.5 Å². The molecule has 0 bridgehead atoms. The number of likely N-dealkylation sites (tertiary alicyclic amines) is 1. The highest BCUT2D eigenvalue weighted by Crippen LogP contribution is 2.16. The monoisotopic (exact) mass is 198 g/mol. The van der Waals surface area contributed by atoms with Crippen molar-refractivity contribution in [1.82, 2.24) is 10.2 Å². The first kappa shape index (κ1) is 12.0. The molecule has 2 saturated heterocycles. The summed E-state index contributed by atoms with van der Waals surface area (Å²) in [4.78, 5) is 2.65. The van der Waals surface area contributed by atoms with Gasteiger partial charge in [-0.2, -0.15) is 0 Å². The highest BCUT2D eigenvalue weighted by molar-refractivity contribution is 4.74. The molecule has 2 aliphatic heterocycles. The fourth-order valence-corrected chi connectivity index (χ4v) is 2.39. The van der Waals surface area contributed by atoms with Crippen LogP contribution in [0, 0.1) is 5.92 Å². The molecule has 2 nitrogen and oxygen atoms in total. The van der Waals surface area contributed by atoms with Crippen LogP contribution in [-0.4, -0.2) is 37.6 Å². The summed E-state index contributed by atoms with van der Waals surface area (Å²) in [7, 11) is 0. The average molecular weight is 198 g/mol. The quantitative estimate of drug-likeness (QED) is 0.731. The van der Waals surface area contributed by atoms with Crippen LogP contribution < -0.4 is 5.32 Å². The van der Waals surface area contributed by atoms with Gasteiger partial charge in [-0.05, 0) is 57.8 Å². The zero-order valence-electron chi connectivity index (χ0n) is 9.89. The van der Waals surface area contributed by atoms with E-state index in [-0.39, 0.29) is 0 Å². The van der Waals surface area contributed by atoms with Crippen LogP contribution in [0.15, 0.2) is 0 Å². The van der Waals surface area contributed by atoms with Gasteiger partial charge < -0.3 is 10.2 Å². The molecule has 0 spiro atoms. The Labute approximate surface area is 89.1 Å². The lowest BCUT2D eigenvalue weighted by atomic mass is 9.98. The summed E-state index contributed by atoms with van der Waals surface area (Å²) < 4.78 is 0. The summed E-state index contributed by atoms with van der Waals surface area (Å²) in [5.74, 6) is 0.990. The van der Waals surface area contributed by atoms with Crippen LogP contribution in [0.1, 0.15) is 39.5 Å². The summed E-state index contributed by atoms with van der Waals surface area (Å²) in [5.41, 5.74) is 0. The van der Waals surface area contributed by atoms with E-state index in [2.05, 4.69) is 10.2 Å². The summed E-state index contributed by atoms with van der Waals surface area (Å²) in [5, 5.41) is 3.42. The zero-order chi connectivity index (χ0) is 10.2. The second kappa shape index (κ2) is 7.24. The van der Waals surface area contributed by atoms with Crippen molar-refractivity contribution in [2.24, 2.45) is 5.92 Å². The van der Waals surface area contributed by atoms with Crippen LogP contribution in [0.5, 0.6) is 0 Å². The van der Waals surface area contributed by atoms with Crippen molar-refractivity contribution in [3.05, 3.63) is 0 Å². The molecular formula is C12H26N2. The third-order valence-corrected chi connectivity index (χ3v) is 3.17. The topological polar surface area (TPSA) is 15.3 Å². The van der Waals surface area contributed by atoms with Gasteiger partial charge in [0.1, 0.15) is 0 Å². The first-order valence-corrected chi connectivity index (χ1v) is 6.38. The van der Waals surface area contributed by atoms with Crippen LogP contribution in [0.3, 0.4) is 0 Å². The molecule has 0 radical (unpaired) electrons. The standard InChI is InChI=1S/C10H20N2.C2H6/c1-2-8-12(7-1)9-10-3-5-11-6-4-10;1-2/h10-11H,1-9H2;1-2H3. The van der Waals surface area contributed by atoms with Crippen LogP contribution in [0.25, 0.3) is 0 Å². The van der Waals surface area contributed by atoms with E-state index >= 15 is 0 Å². The average Bonchev–Trinajstić information content (AvgIpc) is 2.75. The SMILES string of the molecule is C1CCN(CC2CCNCC2)C1.CC. The third-order valence-electron chi connectivity index (χ3n) is 3.17. The molecule has 2 rings (SSSR count). The van der Waals surface area contributed by atoms with Gasteiger partial charge in [0.2, 0.25) is 0 Å². The molecule has 0 aromatic rings. The van der Waals surface area contributed by atoms with Crippen molar-refractivity contribution < 1.29 is 0 Å². The highest BCUT2D eigenvalue weighted by atomic mass is 15.1. The predicted octanol–water partition coefficient (Wildman–Crippen LogP) is 2.11. The molecule has 1 N–H and O–H groups in total. The first-order valence-electron chi connectivity index (χ1n) is 6.38. The fourth-order valence-electron chi connectivity index (χ4n) is 2.39. The highest BCUT2D eigenvalue weighted by Gasteiger charge is 2.18. The Morgan fingerprint density at radius 2 is 1.64 bits per heavy atom. The molecular weight excluding hydrogens is 172 g/mol. The molecule has 0 amide bonds. The predicted molar refractivity (Wildman–Crippen MR) is 62.6 cm³/mol. The minimum Gasteiger partial charge on any atom is -0.317 e. The second-order valence-electron chi connectivity index (χ2n) is 4.20. The lowest BCUT2D eigenvalue weighted by Gasteiger charge is -2.26. The third kappa shape index (κ3) is 3.97. The minimum atomic E-state index is 0.990. The van der Waals surface area contributed by atoms with E-state index in [1.165, 1.54) is 58.4 Å². The van der Waals surface area contributed by atoms with E-state index in [9.17, 15) is 0 Å². The second-order valence-corrected chi connectivity index (χ2v) is 4.20. The van der Waals surface area contributed by atoms with E-state index in [0.29, 0.717) is 0 Å². The van der Waals surface area contributed by atoms with Crippen LogP contribution in [-0.2, 0) is 0 Å². The summed E-state index contributed by atoms with van der Waals surface area (Å²) in [6, 6.07) is 0. The molecule has 0 aromatic carbocycles. The van der Waals surface area contributed by atoms with Gasteiger partial charge in [0.15, 0.2) is 0 Å². The Morgan fingerprint density at radius 1 is 1.07 bits per heavy atom. The molecule has 0 aromatic heterocycles. The fraction of sp³-hybridized carbons (Fsp3) is 1.00. The molecule has 0 saturated carbocycles. The first-order chi connectivity index (χ1) is 6.95. The van der Waals surface area contributed by atoms with E-state index in [4.69, 9.17) is 0 Å². The van der Waals surface area contributed by atoms with Crippen LogP contribution in [0.2, 0.25) is 0 Å². The molecule has 0 unspecified atom stereocenters. The number of nitrogens with zero attached hydrogens (tertiary/aromatic N) is 1. The zero-order valence-corrected chi connectivity index (χ0v) is 9.89. The number of hydrogen-bond donors (Lipinski definition) is 1. The van der Waals surface area contributed by atoms with E-state index in [1.807, 2.05) is 13.8 Å². The molecule has 2 fully saturated rings. The minimum absolute atomic E-state index is 0.990. The smallest absolute Gasteiger partial charge is 0.00106 e. The van der Waals surface area contributed by atoms with Gasteiger partial charge >= 0.3 is 0 Å². The Morgan fingerprint density at radius 3 is 2.21 bits per heavy atom. The van der Waals surface area contributed by atoms with Crippen molar-refractivity contribution in [3.63, 3.8) is 0 Å². The molecule has 14 heavy (non-hydrogen) atoms. The summed E-state index contributed by atoms with van der Waals surface area (Å²) in [6.45, 7) is 10.6. The van der Waals surface area contributed by atoms with E-state index < -0.39 is 0 Å². The maximum Gasteiger partial charge on any atom is 0.00106 e. The Balaban J connectivity index is 0.000000461. The Bertz CT molecular complexity index is 124. The van der Waals surface area contributed by atoms with Crippen molar-refractivity contribution in [2.75, 3.05) is 32.7 Å². The molecule has 84 valence electrons. The molecule has 0 atom stereocenters. The molecule has 2 heterocycles. The van der Waals surface area contributed by atoms with Crippen LogP contribution >= 0.6 is 0 Å². The van der Waals surface area contributed by atoms with Gasteiger partial charge in [-0.15, -0.1) is 0 Å². The van der Waals surface area contributed by atoms with Gasteiger partial charge in [0.05, 0.1) is 0 Å². The summed E-state index contributed by atoms with van der Waals surface area (Å²) in [6.07, 6.45) is 5.67. The van der Waals surface area contributed by atoms with Gasteiger partial charge in [0.25, 0.3) is 0 Å². The van der Waals surface area contributed by atoms with Gasteiger partial charge in [-0.3, -0.25) is 0 Å². The lowest BCUT2D eigenvalue weighted by molar-refractivity contribution is 0.241. The molecule has 2 heteroatoms. The molecule has 2 aliphatic rings. The van der Waals surface area contributed by atoms with Crippen molar-refractivity contribution >= 4 is 0 Å². The number of rotatable bonds is 2. The van der Waals surface area contributed by atoms with E-state index in [0.717, 1.165) is 5.92 Å². The van der Waals surface area contributed by atoms with Gasteiger partial charge in [0, 0.05) is 6.54 Å². The lowest BCUT2D eigenvalue weighted by Crippen LogP contribution is -2.34. The van der Waals surface area contributed by atoms with Crippen molar-refractivity contribution in [1.29, 1.82) is 0 Å². The van der Waals surface area contributed by atoms with Crippen LogP contribution in [0.4, 0.5) is 0 Å². The normalized spacial score (nSPS) is 24.4. The maximum absolute atomic E-state index is 3.42. The Kier molecular flexibility index (Phi) is 6.20. The molecule has 0 aliphatic carbocycles. The maximum atomic E-state index is 3.42. The van der Waals surface area contributed by atoms with Crippen molar-refractivity contribution in [3.8, 4) is 0 Å². The summed E-state index contributed by atoms with van der Waals surface area (Å²) >= 11 is 0. The van der Waals surface area contributed by atoms with Gasteiger partial charge in [-0.25, -0.2) is 0 Å². The van der Waals surface area contributed by atoms with E-state index in [1.54, 1.807) is 0 Å².